The fourth-order valence-electron chi connectivity index (χ4n) is 3.08. The zero-order valence-corrected chi connectivity index (χ0v) is 14.8. The van der Waals surface area contributed by atoms with Gasteiger partial charge in [-0.25, -0.2) is 0 Å². The molecule has 0 saturated heterocycles. The second-order valence-corrected chi connectivity index (χ2v) is 7.17. The molecule has 1 fully saturated rings. The maximum atomic E-state index is 12.1. The SMILES string of the molecule is C[C@H]([NH2+]CC(=O)N[C@@H]1CCCC[C@@H]1C)c1ccc(Cl)cc1Cl. The topological polar surface area (TPSA) is 45.7 Å². The fraction of sp³-hybridized carbons (Fsp3) is 0.588. The molecule has 0 unspecified atom stereocenters. The van der Waals surface area contributed by atoms with Gasteiger partial charge in [0.05, 0.1) is 5.02 Å². The maximum absolute atomic E-state index is 12.1. The van der Waals surface area contributed by atoms with Crippen LogP contribution in [-0.4, -0.2) is 18.5 Å². The van der Waals surface area contributed by atoms with E-state index in [1.54, 1.807) is 6.07 Å². The molecule has 1 aliphatic carbocycles. The van der Waals surface area contributed by atoms with Gasteiger partial charge in [0.1, 0.15) is 6.04 Å². The highest BCUT2D eigenvalue weighted by atomic mass is 35.5. The summed E-state index contributed by atoms with van der Waals surface area (Å²) in [5, 5.41) is 6.47. The first kappa shape index (κ1) is 17.6. The number of carbonyl (C=O) groups excluding carboxylic acids is 1. The molecule has 1 amide bonds. The predicted molar refractivity (Wildman–Crippen MR) is 91.2 cm³/mol. The molecular formula is C17H25Cl2N2O+. The Labute approximate surface area is 142 Å². The molecule has 3 atom stereocenters. The summed E-state index contributed by atoms with van der Waals surface area (Å²) in [7, 11) is 0. The molecule has 0 aromatic heterocycles. The monoisotopic (exact) mass is 343 g/mol. The number of hydrogen-bond donors (Lipinski definition) is 2. The van der Waals surface area contributed by atoms with Crippen LogP contribution in [-0.2, 0) is 4.79 Å². The average Bonchev–Trinajstić information content (AvgIpc) is 2.47. The van der Waals surface area contributed by atoms with Crippen LogP contribution in [0, 0.1) is 5.92 Å². The van der Waals surface area contributed by atoms with E-state index in [0.29, 0.717) is 28.5 Å². The quantitative estimate of drug-likeness (QED) is 0.846. The number of quaternary nitrogens is 1. The van der Waals surface area contributed by atoms with Gasteiger partial charge in [0, 0.05) is 16.6 Å². The second kappa shape index (κ2) is 8.19. The molecule has 1 aliphatic rings. The maximum Gasteiger partial charge on any atom is 0.275 e. The van der Waals surface area contributed by atoms with E-state index >= 15 is 0 Å². The molecule has 0 spiro atoms. The van der Waals surface area contributed by atoms with Gasteiger partial charge in [0.25, 0.3) is 5.91 Å². The largest absolute Gasteiger partial charge is 0.348 e. The third kappa shape index (κ3) is 4.87. The van der Waals surface area contributed by atoms with E-state index in [9.17, 15) is 4.79 Å². The van der Waals surface area contributed by atoms with Crippen LogP contribution in [0.4, 0.5) is 0 Å². The van der Waals surface area contributed by atoms with Gasteiger partial charge in [-0.1, -0.05) is 49.0 Å². The number of carbonyl (C=O) groups is 1. The highest BCUT2D eigenvalue weighted by Crippen LogP contribution is 2.25. The molecule has 0 heterocycles. The molecule has 2 rings (SSSR count). The Morgan fingerprint density at radius 3 is 2.77 bits per heavy atom. The lowest BCUT2D eigenvalue weighted by Gasteiger charge is -2.29. The summed E-state index contributed by atoms with van der Waals surface area (Å²) in [6.07, 6.45) is 4.82. The van der Waals surface area contributed by atoms with Crippen molar-refractivity contribution >= 4 is 29.1 Å². The lowest BCUT2D eigenvalue weighted by atomic mass is 9.86. The van der Waals surface area contributed by atoms with Crippen molar-refractivity contribution in [3.05, 3.63) is 33.8 Å². The zero-order valence-electron chi connectivity index (χ0n) is 13.2. The molecule has 22 heavy (non-hydrogen) atoms. The number of nitrogens with two attached hydrogens (primary N) is 1. The van der Waals surface area contributed by atoms with Gasteiger partial charge >= 0.3 is 0 Å². The van der Waals surface area contributed by atoms with Gasteiger partial charge in [0.2, 0.25) is 0 Å². The minimum Gasteiger partial charge on any atom is -0.348 e. The van der Waals surface area contributed by atoms with Crippen molar-refractivity contribution in [1.29, 1.82) is 0 Å². The number of hydrogen-bond acceptors (Lipinski definition) is 1. The summed E-state index contributed by atoms with van der Waals surface area (Å²) in [6, 6.07) is 5.96. The lowest BCUT2D eigenvalue weighted by Crippen LogP contribution is -2.87. The van der Waals surface area contributed by atoms with Crippen LogP contribution in [0.5, 0.6) is 0 Å². The van der Waals surface area contributed by atoms with Gasteiger partial charge in [-0.3, -0.25) is 4.79 Å². The highest BCUT2D eigenvalue weighted by Gasteiger charge is 2.23. The first-order valence-electron chi connectivity index (χ1n) is 8.05. The lowest BCUT2D eigenvalue weighted by molar-refractivity contribution is -0.682. The number of rotatable bonds is 5. The number of benzene rings is 1. The van der Waals surface area contributed by atoms with Crippen molar-refractivity contribution in [3.8, 4) is 0 Å². The Balaban J connectivity index is 1.82. The van der Waals surface area contributed by atoms with Crippen LogP contribution in [0.1, 0.15) is 51.1 Å². The van der Waals surface area contributed by atoms with E-state index in [-0.39, 0.29) is 11.9 Å². The van der Waals surface area contributed by atoms with Crippen molar-refractivity contribution in [3.63, 3.8) is 0 Å². The Kier molecular flexibility index (Phi) is 6.54. The summed E-state index contributed by atoms with van der Waals surface area (Å²) in [6.45, 7) is 4.69. The molecule has 1 aromatic carbocycles. The standard InChI is InChI=1S/C17H24Cl2N2O/c1-11-5-3-4-6-16(11)21-17(22)10-20-12(2)14-8-7-13(18)9-15(14)19/h7-9,11-12,16,20H,3-6,10H2,1-2H3,(H,21,22)/p+1/t11-,12-,16+/m0/s1. The Bertz CT molecular complexity index is 521. The van der Waals surface area contributed by atoms with Crippen molar-refractivity contribution in [2.24, 2.45) is 5.92 Å². The number of halogens is 2. The van der Waals surface area contributed by atoms with Gasteiger partial charge in [-0.2, -0.15) is 0 Å². The third-order valence-electron chi connectivity index (χ3n) is 4.57. The minimum absolute atomic E-state index is 0.107. The Morgan fingerprint density at radius 2 is 2.09 bits per heavy atom. The van der Waals surface area contributed by atoms with Crippen molar-refractivity contribution < 1.29 is 10.1 Å². The summed E-state index contributed by atoms with van der Waals surface area (Å²) < 4.78 is 0. The summed E-state index contributed by atoms with van der Waals surface area (Å²) >= 11 is 12.1. The minimum atomic E-state index is 0.107. The molecule has 1 saturated carbocycles. The van der Waals surface area contributed by atoms with Gasteiger partial charge in [-0.15, -0.1) is 0 Å². The molecular weight excluding hydrogens is 319 g/mol. The van der Waals surface area contributed by atoms with E-state index in [4.69, 9.17) is 23.2 Å². The number of amides is 1. The van der Waals surface area contributed by atoms with Gasteiger partial charge < -0.3 is 10.6 Å². The van der Waals surface area contributed by atoms with Crippen LogP contribution in [0.25, 0.3) is 0 Å². The molecule has 0 aliphatic heterocycles. The second-order valence-electron chi connectivity index (χ2n) is 6.33. The van der Waals surface area contributed by atoms with Gasteiger partial charge in [0.15, 0.2) is 6.54 Å². The van der Waals surface area contributed by atoms with E-state index < -0.39 is 0 Å². The van der Waals surface area contributed by atoms with Gasteiger partial charge in [-0.05, 0) is 37.8 Å². The van der Waals surface area contributed by atoms with Crippen molar-refractivity contribution in [2.45, 2.75) is 51.6 Å². The van der Waals surface area contributed by atoms with E-state index in [2.05, 4.69) is 12.2 Å². The van der Waals surface area contributed by atoms with Crippen molar-refractivity contribution in [1.82, 2.24) is 5.32 Å². The summed E-state index contributed by atoms with van der Waals surface area (Å²) in [5.41, 5.74) is 1.00. The molecule has 3 nitrogen and oxygen atoms in total. The molecule has 3 N–H and O–H groups in total. The normalized spacial score (nSPS) is 23.1. The Morgan fingerprint density at radius 1 is 1.36 bits per heavy atom. The molecule has 1 aromatic rings. The first-order valence-corrected chi connectivity index (χ1v) is 8.80. The van der Waals surface area contributed by atoms with Crippen LogP contribution in [0.2, 0.25) is 10.0 Å². The molecule has 122 valence electrons. The molecule has 5 heteroatoms. The Hall–Kier alpha value is -0.770. The summed E-state index contributed by atoms with van der Waals surface area (Å²) in [4.78, 5) is 12.1. The van der Waals surface area contributed by atoms with Crippen LogP contribution >= 0.6 is 23.2 Å². The van der Waals surface area contributed by atoms with E-state index in [0.717, 1.165) is 12.0 Å². The average molecular weight is 344 g/mol. The van der Waals surface area contributed by atoms with Crippen LogP contribution in [0.3, 0.4) is 0 Å². The van der Waals surface area contributed by atoms with E-state index in [1.165, 1.54) is 19.3 Å². The summed E-state index contributed by atoms with van der Waals surface area (Å²) in [5.74, 6) is 0.691. The first-order chi connectivity index (χ1) is 10.5. The highest BCUT2D eigenvalue weighted by molar-refractivity contribution is 6.35. The molecule has 0 bridgehead atoms. The van der Waals surface area contributed by atoms with Crippen LogP contribution in [0.15, 0.2) is 18.2 Å². The fourth-order valence-corrected chi connectivity index (χ4v) is 3.66. The predicted octanol–water partition coefficient (Wildman–Crippen LogP) is 3.31. The van der Waals surface area contributed by atoms with Crippen LogP contribution < -0.4 is 10.6 Å². The third-order valence-corrected chi connectivity index (χ3v) is 5.13. The smallest absolute Gasteiger partial charge is 0.275 e. The van der Waals surface area contributed by atoms with E-state index in [1.807, 2.05) is 24.4 Å². The van der Waals surface area contributed by atoms with Crippen molar-refractivity contribution in [2.75, 3.05) is 6.54 Å². The molecule has 0 radical (unpaired) electrons. The zero-order chi connectivity index (χ0) is 16.1. The number of nitrogens with one attached hydrogen (secondary N) is 1.